The van der Waals surface area contributed by atoms with Gasteiger partial charge < -0.3 is 18.5 Å². The zero-order chi connectivity index (χ0) is 59.3. The van der Waals surface area contributed by atoms with Gasteiger partial charge in [0.05, 0.1) is 14.2 Å². The third kappa shape index (κ3) is 10.9. The molecule has 0 aromatic heterocycles. The molecule has 9 aromatic carbocycles. The lowest BCUT2D eigenvalue weighted by atomic mass is 9.66. The topological polar surface area (TPSA) is 73.8 Å². The average molecular weight is 1160 g/mol. The molecule has 0 N–H and O–H groups in total. The van der Waals surface area contributed by atoms with Crippen LogP contribution in [-0.2, 0) is 51.3 Å². The van der Waals surface area contributed by atoms with Crippen molar-refractivity contribution in [2.24, 2.45) is 0 Å². The van der Waals surface area contributed by atoms with Gasteiger partial charge >= 0.3 is 17.2 Å². The fourth-order valence-corrected chi connectivity index (χ4v) is 15.2. The monoisotopic (exact) mass is 1160 g/mol. The maximum Gasteiger partial charge on any atom is 0.400 e. The van der Waals surface area contributed by atoms with Gasteiger partial charge in [0, 0.05) is 28.7 Å². The largest absolute Gasteiger partial charge is 0.497 e. The smallest absolute Gasteiger partial charge is 0.400 e. The van der Waals surface area contributed by atoms with Gasteiger partial charge in [-0.25, -0.2) is 0 Å². The second-order valence-electron chi connectivity index (χ2n) is 23.3. The molecule has 0 spiro atoms. The molecule has 0 bridgehead atoms. The Morgan fingerprint density at radius 2 is 0.694 bits per heavy atom. The van der Waals surface area contributed by atoms with E-state index in [1.54, 1.807) is 20.3 Å². The lowest BCUT2D eigenvalue weighted by Crippen LogP contribution is -2.48. The van der Waals surface area contributed by atoms with Crippen molar-refractivity contribution in [3.05, 3.63) is 324 Å². The molecule has 10 heteroatoms. The standard InChI is InChI=1S/C75H72O8P2/c1-10-11-12-13-35-50-72(55-36-21-14-22-37-55)73(56-38-23-15-24-39-56,57-40-25-16-26-41-57)81-84(80-72)78-68-64(51-62(76-8)53-66(68)70(2,3)4)65-52-63(77-9)54-67(71(5,6)7)69(65)79-85-82-74(58-42-27-17-28-43-58,59-44-29-18-30-45-59)75(83-85,60-46-31-19-32-47-60)61-48-33-20-34-49-61/h10-49,51-54H,1,50H2,2-9H3/b12-11-,35-13-/t72-,84?/m1/s1. The molecular formula is C75H72O8P2. The van der Waals surface area contributed by atoms with Gasteiger partial charge in [0.2, 0.25) is 0 Å². The minimum atomic E-state index is -2.33. The summed E-state index contributed by atoms with van der Waals surface area (Å²) in [4.78, 5) is 0. The SMILES string of the molecule is C=C/C=C\C=C/C[C@]1(c2ccccc2)OP(Oc2c(-c3cc(OC)cc(C(C)(C)C)c3OP3OC(c4ccccc4)(c4ccccc4)C(c4ccccc4)(c4ccccc4)O3)cc(OC)cc2C(C)(C)C)OC1(c1ccccc1)c1ccccc1. The lowest BCUT2D eigenvalue weighted by molar-refractivity contribution is -0.0279. The van der Waals surface area contributed by atoms with Crippen LogP contribution in [-0.4, -0.2) is 14.2 Å². The van der Waals surface area contributed by atoms with Crippen molar-refractivity contribution in [2.75, 3.05) is 14.2 Å². The summed E-state index contributed by atoms with van der Waals surface area (Å²) >= 11 is 0. The summed E-state index contributed by atoms with van der Waals surface area (Å²) in [6.07, 6.45) is 10.2. The van der Waals surface area contributed by atoms with Crippen LogP contribution in [0.1, 0.15) is 98.0 Å². The van der Waals surface area contributed by atoms with Crippen molar-refractivity contribution < 1.29 is 36.6 Å². The van der Waals surface area contributed by atoms with Crippen molar-refractivity contribution >= 4 is 17.2 Å². The van der Waals surface area contributed by atoms with E-state index in [9.17, 15) is 0 Å². The predicted molar refractivity (Wildman–Crippen MR) is 344 cm³/mol. The summed E-state index contributed by atoms with van der Waals surface area (Å²) in [5, 5.41) is 0. The first-order valence-corrected chi connectivity index (χ1v) is 30.9. The number of benzene rings is 9. The predicted octanol–water partition coefficient (Wildman–Crippen LogP) is 19.7. The Morgan fingerprint density at radius 3 is 1.01 bits per heavy atom. The van der Waals surface area contributed by atoms with Crippen LogP contribution < -0.4 is 18.5 Å². The highest BCUT2D eigenvalue weighted by Crippen LogP contribution is 2.73. The van der Waals surface area contributed by atoms with Crippen LogP contribution in [0.3, 0.4) is 0 Å². The van der Waals surface area contributed by atoms with Gasteiger partial charge in [-0.3, -0.25) is 18.1 Å². The molecular weight excluding hydrogens is 1090 g/mol. The van der Waals surface area contributed by atoms with E-state index in [1.807, 2.05) is 170 Å². The molecule has 430 valence electrons. The van der Waals surface area contributed by atoms with Gasteiger partial charge in [-0.1, -0.05) is 291 Å². The summed E-state index contributed by atoms with van der Waals surface area (Å²) < 4.78 is 59.2. The number of rotatable bonds is 18. The van der Waals surface area contributed by atoms with Crippen LogP contribution in [0.5, 0.6) is 23.0 Å². The molecule has 2 aliphatic heterocycles. The Hall–Kier alpha value is -7.90. The van der Waals surface area contributed by atoms with E-state index >= 15 is 0 Å². The Balaban J connectivity index is 1.16. The minimum Gasteiger partial charge on any atom is -0.497 e. The normalized spacial score (nSPS) is 18.3. The maximum absolute atomic E-state index is 7.83. The first-order valence-electron chi connectivity index (χ1n) is 28.7. The van der Waals surface area contributed by atoms with Crippen LogP contribution in [0, 0.1) is 0 Å². The Kier molecular flexibility index (Phi) is 17.0. The molecule has 8 nitrogen and oxygen atoms in total. The van der Waals surface area contributed by atoms with E-state index in [-0.39, 0.29) is 0 Å². The second kappa shape index (κ2) is 24.6. The van der Waals surface area contributed by atoms with Crippen LogP contribution in [0.25, 0.3) is 11.1 Å². The Labute approximate surface area is 504 Å². The van der Waals surface area contributed by atoms with Crippen molar-refractivity contribution in [3.8, 4) is 34.1 Å². The Morgan fingerprint density at radius 1 is 0.388 bits per heavy atom. The number of hydrogen-bond acceptors (Lipinski definition) is 8. The van der Waals surface area contributed by atoms with Crippen molar-refractivity contribution in [2.45, 2.75) is 81.2 Å². The number of allylic oxidation sites excluding steroid dienone is 4. The molecule has 1 unspecified atom stereocenters. The van der Waals surface area contributed by atoms with Gasteiger partial charge in [-0.15, -0.1) is 0 Å². The molecule has 2 heterocycles. The molecule has 2 aliphatic rings. The third-order valence-corrected chi connectivity index (χ3v) is 18.4. The molecule has 0 aliphatic carbocycles. The van der Waals surface area contributed by atoms with Gasteiger partial charge in [0.25, 0.3) is 0 Å². The van der Waals surface area contributed by atoms with Crippen LogP contribution in [0.2, 0.25) is 0 Å². The van der Waals surface area contributed by atoms with E-state index in [1.165, 1.54) is 0 Å². The van der Waals surface area contributed by atoms with Crippen molar-refractivity contribution in [3.63, 3.8) is 0 Å². The van der Waals surface area contributed by atoms with E-state index in [4.69, 9.17) is 36.6 Å². The van der Waals surface area contributed by atoms with Gasteiger partial charge in [0.1, 0.15) is 28.6 Å². The molecule has 0 amide bonds. The molecule has 9 aromatic rings. The number of hydrogen-bond donors (Lipinski definition) is 0. The maximum atomic E-state index is 7.83. The Bertz CT molecular complexity index is 3560. The molecule has 2 atom stereocenters. The first kappa shape index (κ1) is 58.9. The lowest BCUT2D eigenvalue weighted by Gasteiger charge is -2.43. The fraction of sp³-hybridized carbons (Fsp3) is 0.200. The van der Waals surface area contributed by atoms with E-state index in [0.717, 1.165) is 50.1 Å². The zero-order valence-corrected chi connectivity index (χ0v) is 51.3. The second-order valence-corrected chi connectivity index (χ2v) is 25.3. The molecule has 85 heavy (non-hydrogen) atoms. The summed E-state index contributed by atoms with van der Waals surface area (Å²) in [7, 11) is -1.25. The van der Waals surface area contributed by atoms with E-state index < -0.39 is 50.4 Å². The third-order valence-electron chi connectivity index (χ3n) is 16.0. The summed E-state index contributed by atoms with van der Waals surface area (Å²) in [6.45, 7) is 16.9. The summed E-state index contributed by atoms with van der Waals surface area (Å²) in [5.41, 5.74) is 3.18. The van der Waals surface area contributed by atoms with E-state index in [2.05, 4.69) is 139 Å². The zero-order valence-electron chi connectivity index (χ0n) is 49.5. The molecule has 0 saturated carbocycles. The average Bonchev–Trinajstić information content (AvgIpc) is 1.64. The van der Waals surface area contributed by atoms with Gasteiger partial charge in [0.15, 0.2) is 16.8 Å². The highest BCUT2D eigenvalue weighted by Gasteiger charge is 2.68. The van der Waals surface area contributed by atoms with Crippen LogP contribution >= 0.6 is 17.2 Å². The van der Waals surface area contributed by atoms with Crippen molar-refractivity contribution in [1.29, 1.82) is 0 Å². The highest BCUT2D eigenvalue weighted by molar-refractivity contribution is 7.42. The molecule has 2 saturated heterocycles. The summed E-state index contributed by atoms with van der Waals surface area (Å²) in [6, 6.07) is 80.6. The quantitative estimate of drug-likeness (QED) is 0.0621. The minimum absolute atomic E-state index is 0.402. The highest BCUT2D eigenvalue weighted by atomic mass is 31.2. The molecule has 2 fully saturated rings. The van der Waals surface area contributed by atoms with Crippen LogP contribution in [0.15, 0.2) is 274 Å². The molecule has 0 radical (unpaired) electrons. The first-order chi connectivity index (χ1) is 41.2. The summed E-state index contributed by atoms with van der Waals surface area (Å²) in [5.74, 6) is 2.26. The number of ether oxygens (including phenoxy) is 2. The van der Waals surface area contributed by atoms with Crippen LogP contribution in [0.4, 0.5) is 0 Å². The number of methoxy groups -OCH3 is 2. The fourth-order valence-electron chi connectivity index (χ4n) is 12.0. The van der Waals surface area contributed by atoms with E-state index in [0.29, 0.717) is 40.5 Å². The van der Waals surface area contributed by atoms with Crippen molar-refractivity contribution in [1.82, 2.24) is 0 Å². The van der Waals surface area contributed by atoms with Gasteiger partial charge in [-0.05, 0) is 74.0 Å². The van der Waals surface area contributed by atoms with Gasteiger partial charge in [-0.2, -0.15) is 0 Å². The molecule has 11 rings (SSSR count).